The summed E-state index contributed by atoms with van der Waals surface area (Å²) >= 11 is -1.79. The van der Waals surface area contributed by atoms with Crippen LogP contribution >= 0.6 is 0 Å². The molecule has 0 fully saturated rings. The van der Waals surface area contributed by atoms with Crippen LogP contribution in [0, 0.1) is 10.0 Å². The van der Waals surface area contributed by atoms with E-state index < -0.39 is 18.4 Å². The molecular formula is C6H12OSn. The average Bonchev–Trinajstić information content (AvgIpc) is 1.59. The number of hydrogen-bond donors (Lipinski definition) is 0. The van der Waals surface area contributed by atoms with E-state index in [2.05, 4.69) is 29.6 Å². The Morgan fingerprint density at radius 1 is 1.25 bits per heavy atom. The Morgan fingerprint density at radius 3 is 1.88 bits per heavy atom. The summed E-state index contributed by atoms with van der Waals surface area (Å²) in [6.45, 7) is 0. The first-order valence-electron chi connectivity index (χ1n) is 2.61. The Hall–Kier alpha value is 0.159. The van der Waals surface area contributed by atoms with Crippen molar-refractivity contribution < 1.29 is 4.74 Å². The molecular weight excluding hydrogens is 207 g/mol. The predicted octanol–water partition coefficient (Wildman–Crippen LogP) is 1.47. The van der Waals surface area contributed by atoms with E-state index in [1.165, 1.54) is 0 Å². The van der Waals surface area contributed by atoms with Crippen molar-refractivity contribution >= 4 is 18.4 Å². The zero-order valence-electron chi connectivity index (χ0n) is 5.91. The molecule has 0 aromatic carbocycles. The van der Waals surface area contributed by atoms with Crippen LogP contribution in [-0.4, -0.2) is 25.5 Å². The van der Waals surface area contributed by atoms with Gasteiger partial charge in [-0.15, -0.1) is 0 Å². The summed E-state index contributed by atoms with van der Waals surface area (Å²) in [5.41, 5.74) is 0. The molecule has 46 valence electrons. The second kappa shape index (κ2) is 3.24. The number of rotatable bonds is 0. The van der Waals surface area contributed by atoms with Crippen molar-refractivity contribution in [2.45, 2.75) is 14.8 Å². The zero-order valence-corrected chi connectivity index (χ0v) is 8.76. The predicted molar refractivity (Wildman–Crippen MR) is 38.1 cm³/mol. The summed E-state index contributed by atoms with van der Waals surface area (Å²) in [7, 11) is 1.60. The molecule has 0 unspecified atom stereocenters. The van der Waals surface area contributed by atoms with Crippen LogP contribution < -0.4 is 0 Å². The zero-order chi connectivity index (χ0) is 6.62. The maximum absolute atomic E-state index is 4.61. The molecule has 0 aromatic heterocycles. The van der Waals surface area contributed by atoms with Gasteiger partial charge >= 0.3 is 55.1 Å². The van der Waals surface area contributed by atoms with Gasteiger partial charge in [0.05, 0.1) is 0 Å². The summed E-state index contributed by atoms with van der Waals surface area (Å²) in [6, 6.07) is 0. The molecule has 0 amide bonds. The molecule has 0 radical (unpaired) electrons. The second-order valence-corrected chi connectivity index (χ2v) is 16.2. The molecule has 0 saturated carbocycles. The van der Waals surface area contributed by atoms with Gasteiger partial charge < -0.3 is 0 Å². The van der Waals surface area contributed by atoms with Crippen LogP contribution in [0.5, 0.6) is 0 Å². The molecule has 0 saturated heterocycles. The van der Waals surface area contributed by atoms with Gasteiger partial charge in [0.25, 0.3) is 0 Å². The minimum atomic E-state index is -1.79. The van der Waals surface area contributed by atoms with Crippen molar-refractivity contribution in [2.24, 2.45) is 0 Å². The number of methoxy groups -OCH3 is 1. The van der Waals surface area contributed by atoms with Crippen LogP contribution in [0.4, 0.5) is 0 Å². The van der Waals surface area contributed by atoms with Crippen molar-refractivity contribution in [3.63, 3.8) is 0 Å². The monoisotopic (exact) mass is 220 g/mol. The van der Waals surface area contributed by atoms with E-state index >= 15 is 0 Å². The maximum atomic E-state index is 4.61. The van der Waals surface area contributed by atoms with Crippen molar-refractivity contribution in [3.05, 3.63) is 0 Å². The Bertz CT molecular complexity index is 113. The summed E-state index contributed by atoms with van der Waals surface area (Å²) in [5, 5.41) is 0. The van der Waals surface area contributed by atoms with Gasteiger partial charge in [-0.05, 0) is 0 Å². The Labute approximate surface area is 55.3 Å². The van der Waals surface area contributed by atoms with Crippen molar-refractivity contribution in [3.8, 4) is 10.0 Å². The molecule has 2 heteroatoms. The SMILES string of the molecule is COC#[C][Sn]([CH3])([CH3])[CH3]. The Kier molecular flexibility index (Phi) is 3.30. The third-order valence-electron chi connectivity index (χ3n) is 0.528. The van der Waals surface area contributed by atoms with E-state index in [9.17, 15) is 0 Å². The van der Waals surface area contributed by atoms with Crippen molar-refractivity contribution in [2.75, 3.05) is 7.11 Å². The van der Waals surface area contributed by atoms with Crippen molar-refractivity contribution in [1.82, 2.24) is 0 Å². The molecule has 8 heavy (non-hydrogen) atoms. The topological polar surface area (TPSA) is 9.23 Å². The first-order valence-corrected chi connectivity index (χ1v) is 12.6. The van der Waals surface area contributed by atoms with Gasteiger partial charge in [0.2, 0.25) is 0 Å². The normalized spacial score (nSPS) is 9.50. The number of hydrogen-bond acceptors (Lipinski definition) is 1. The molecule has 0 N–H and O–H groups in total. The number of ether oxygens (including phenoxy) is 1. The molecule has 1 nitrogen and oxygen atoms in total. The molecule has 0 rings (SSSR count). The van der Waals surface area contributed by atoms with E-state index in [4.69, 9.17) is 0 Å². The van der Waals surface area contributed by atoms with E-state index in [1.54, 1.807) is 7.11 Å². The van der Waals surface area contributed by atoms with E-state index in [1.807, 2.05) is 0 Å². The van der Waals surface area contributed by atoms with Crippen LogP contribution in [0.3, 0.4) is 0 Å². The van der Waals surface area contributed by atoms with Gasteiger partial charge in [-0.2, -0.15) is 0 Å². The molecule has 0 spiro atoms. The minimum absolute atomic E-state index is 1.60. The van der Waals surface area contributed by atoms with E-state index in [0.717, 1.165) is 0 Å². The van der Waals surface area contributed by atoms with Gasteiger partial charge in [-0.3, -0.25) is 0 Å². The summed E-state index contributed by atoms with van der Waals surface area (Å²) in [6.07, 6.45) is 2.63. The molecule has 0 bridgehead atoms. The van der Waals surface area contributed by atoms with Crippen LogP contribution in [0.15, 0.2) is 0 Å². The molecule has 0 aliphatic carbocycles. The molecule has 0 aliphatic heterocycles. The molecule has 0 heterocycles. The molecule has 0 aromatic rings. The fraction of sp³-hybridized carbons (Fsp3) is 0.667. The van der Waals surface area contributed by atoms with Gasteiger partial charge in [-0.25, -0.2) is 0 Å². The van der Waals surface area contributed by atoms with Crippen LogP contribution in [0.1, 0.15) is 0 Å². The van der Waals surface area contributed by atoms with Gasteiger partial charge in [-0.1, -0.05) is 0 Å². The summed E-state index contributed by atoms with van der Waals surface area (Å²) in [4.78, 5) is 6.75. The van der Waals surface area contributed by atoms with Crippen LogP contribution in [0.25, 0.3) is 0 Å². The Morgan fingerprint density at radius 2 is 1.75 bits per heavy atom. The summed E-state index contributed by atoms with van der Waals surface area (Å²) < 4.78 is 7.72. The quantitative estimate of drug-likeness (QED) is 0.442. The van der Waals surface area contributed by atoms with E-state index in [0.29, 0.717) is 0 Å². The van der Waals surface area contributed by atoms with Gasteiger partial charge in [0.1, 0.15) is 0 Å². The van der Waals surface area contributed by atoms with Crippen LogP contribution in [0.2, 0.25) is 14.8 Å². The van der Waals surface area contributed by atoms with Crippen LogP contribution in [-0.2, 0) is 4.74 Å². The van der Waals surface area contributed by atoms with E-state index in [-0.39, 0.29) is 0 Å². The molecule has 0 aliphatic rings. The fourth-order valence-electron chi connectivity index (χ4n) is 0.204. The first-order chi connectivity index (χ1) is 3.56. The standard InChI is InChI=1S/C3H3O.3CH3.Sn/c1-3-4-2;;;;/h2H3;3*1H3;. The first kappa shape index (κ1) is 8.16. The third-order valence-corrected chi connectivity index (χ3v) is 2.96. The van der Waals surface area contributed by atoms with Gasteiger partial charge in [0.15, 0.2) is 0 Å². The Balaban J connectivity index is 3.69. The third kappa shape index (κ3) is 6.16. The molecule has 0 atom stereocenters. The fourth-order valence-corrected chi connectivity index (χ4v) is 1.37. The van der Waals surface area contributed by atoms with Crippen molar-refractivity contribution in [1.29, 1.82) is 0 Å². The average molecular weight is 219 g/mol. The van der Waals surface area contributed by atoms with Gasteiger partial charge in [0, 0.05) is 0 Å². The summed E-state index contributed by atoms with van der Waals surface area (Å²) in [5.74, 6) is 0. The second-order valence-electron chi connectivity index (χ2n) is 2.68.